The van der Waals surface area contributed by atoms with Gasteiger partial charge in [0.05, 0.1) is 6.61 Å². The van der Waals surface area contributed by atoms with Crippen molar-refractivity contribution in [3.63, 3.8) is 0 Å². The first kappa shape index (κ1) is 15.8. The first-order valence-electron chi connectivity index (χ1n) is 7.09. The van der Waals surface area contributed by atoms with Gasteiger partial charge in [0.25, 0.3) is 5.91 Å². The van der Waals surface area contributed by atoms with Crippen LogP contribution in [0.25, 0.3) is 0 Å². The molecule has 1 N–H and O–H groups in total. The largest absolute Gasteiger partial charge is 0.464 e. The van der Waals surface area contributed by atoms with E-state index in [2.05, 4.69) is 10.3 Å². The molecule has 6 nitrogen and oxygen atoms in total. The third-order valence-electron chi connectivity index (χ3n) is 3.24. The van der Waals surface area contributed by atoms with E-state index in [1.165, 1.54) is 0 Å². The average molecular weight is 301 g/mol. The molecule has 0 aliphatic carbocycles. The maximum atomic E-state index is 12.3. The molecule has 2 rings (SSSR count). The van der Waals surface area contributed by atoms with Crippen LogP contribution >= 0.6 is 0 Å². The van der Waals surface area contributed by atoms with Gasteiger partial charge in [-0.3, -0.25) is 9.78 Å². The van der Waals surface area contributed by atoms with E-state index in [-0.39, 0.29) is 12.5 Å². The monoisotopic (exact) mass is 301 g/mol. The second-order valence-corrected chi connectivity index (χ2v) is 4.84. The number of nitrogens with zero attached hydrogens (tertiary/aromatic N) is 2. The van der Waals surface area contributed by atoms with Crippen LogP contribution < -0.4 is 5.32 Å². The molecule has 0 bridgehead atoms. The van der Waals surface area contributed by atoms with Gasteiger partial charge in [0.15, 0.2) is 0 Å². The zero-order valence-corrected chi connectivity index (χ0v) is 12.7. The minimum atomic E-state index is -0.732. The van der Waals surface area contributed by atoms with Crippen LogP contribution in [-0.4, -0.2) is 34.1 Å². The fraction of sp³-hybridized carbons (Fsp3) is 0.312. The number of rotatable bonds is 6. The van der Waals surface area contributed by atoms with Crippen LogP contribution in [0.2, 0.25) is 0 Å². The predicted molar refractivity (Wildman–Crippen MR) is 81.2 cm³/mol. The second-order valence-electron chi connectivity index (χ2n) is 4.84. The van der Waals surface area contributed by atoms with Crippen molar-refractivity contribution in [2.24, 2.45) is 7.05 Å². The Kier molecular flexibility index (Phi) is 5.30. The van der Waals surface area contributed by atoms with Crippen molar-refractivity contribution in [3.8, 4) is 0 Å². The molecule has 0 aliphatic rings. The molecule has 0 spiro atoms. The quantitative estimate of drug-likeness (QED) is 0.817. The van der Waals surface area contributed by atoms with Gasteiger partial charge >= 0.3 is 5.97 Å². The van der Waals surface area contributed by atoms with E-state index < -0.39 is 12.0 Å². The maximum absolute atomic E-state index is 12.3. The number of hydrogen-bond donors (Lipinski definition) is 1. The Labute approximate surface area is 129 Å². The normalized spacial score (nSPS) is 11.7. The van der Waals surface area contributed by atoms with Crippen molar-refractivity contribution in [1.82, 2.24) is 14.9 Å². The van der Waals surface area contributed by atoms with Crippen molar-refractivity contribution in [1.29, 1.82) is 0 Å². The van der Waals surface area contributed by atoms with Gasteiger partial charge in [0.2, 0.25) is 0 Å². The molecule has 0 aliphatic heterocycles. The molecular formula is C16H19N3O3. The number of aryl methyl sites for hydroxylation is 1. The number of aromatic nitrogens is 2. The summed E-state index contributed by atoms with van der Waals surface area (Å²) in [4.78, 5) is 28.3. The molecule has 6 heteroatoms. The fourth-order valence-electron chi connectivity index (χ4n) is 2.12. The number of hydrogen-bond acceptors (Lipinski definition) is 4. The Morgan fingerprint density at radius 1 is 1.32 bits per heavy atom. The summed E-state index contributed by atoms with van der Waals surface area (Å²) < 4.78 is 6.75. The smallest absolute Gasteiger partial charge is 0.328 e. The Bertz CT molecular complexity index is 637. The van der Waals surface area contributed by atoms with Crippen LogP contribution in [0.5, 0.6) is 0 Å². The minimum absolute atomic E-state index is 0.270. The summed E-state index contributed by atoms with van der Waals surface area (Å²) in [7, 11) is 1.77. The van der Waals surface area contributed by atoms with E-state index in [4.69, 9.17) is 4.74 Å². The molecule has 1 unspecified atom stereocenters. The predicted octanol–water partition coefficient (Wildman–Crippen LogP) is 1.32. The fourth-order valence-corrected chi connectivity index (χ4v) is 2.12. The van der Waals surface area contributed by atoms with Gasteiger partial charge in [-0.25, -0.2) is 4.79 Å². The number of ether oxygens (including phenoxy) is 1. The van der Waals surface area contributed by atoms with Gasteiger partial charge in [-0.05, 0) is 36.8 Å². The standard InChI is InChI=1S/C16H19N3O3/c1-3-22-16(21)13(11-12-6-8-17-9-7-12)18-15(20)14-5-4-10-19(14)2/h4-10,13H,3,11H2,1-2H3,(H,18,20). The van der Waals surface area contributed by atoms with Gasteiger partial charge in [-0.2, -0.15) is 0 Å². The van der Waals surface area contributed by atoms with Gasteiger partial charge < -0.3 is 14.6 Å². The second kappa shape index (κ2) is 7.40. The van der Waals surface area contributed by atoms with Crippen LogP contribution in [0.1, 0.15) is 23.0 Å². The lowest BCUT2D eigenvalue weighted by molar-refractivity contribution is -0.145. The molecule has 116 valence electrons. The SMILES string of the molecule is CCOC(=O)C(Cc1ccncc1)NC(=O)c1cccn1C. The average Bonchev–Trinajstić information content (AvgIpc) is 2.94. The van der Waals surface area contributed by atoms with Crippen LogP contribution in [-0.2, 0) is 23.0 Å². The summed E-state index contributed by atoms with van der Waals surface area (Å²) in [6.45, 7) is 2.01. The van der Waals surface area contributed by atoms with Gasteiger partial charge in [-0.1, -0.05) is 0 Å². The minimum Gasteiger partial charge on any atom is -0.464 e. The summed E-state index contributed by atoms with van der Waals surface area (Å²) in [6.07, 6.45) is 5.43. The Morgan fingerprint density at radius 3 is 2.64 bits per heavy atom. The van der Waals surface area contributed by atoms with Gasteiger partial charge in [-0.15, -0.1) is 0 Å². The molecule has 2 aromatic heterocycles. The topological polar surface area (TPSA) is 73.2 Å². The van der Waals surface area contributed by atoms with E-state index in [0.717, 1.165) is 5.56 Å². The van der Waals surface area contributed by atoms with Crippen LogP contribution in [0, 0.1) is 0 Å². The lowest BCUT2D eigenvalue weighted by atomic mass is 10.1. The first-order chi connectivity index (χ1) is 10.6. The molecular weight excluding hydrogens is 282 g/mol. The number of carbonyl (C=O) groups is 2. The Balaban J connectivity index is 2.12. The molecule has 1 amide bonds. The highest BCUT2D eigenvalue weighted by Gasteiger charge is 2.23. The highest BCUT2D eigenvalue weighted by molar-refractivity contribution is 5.95. The van der Waals surface area contributed by atoms with E-state index in [9.17, 15) is 9.59 Å². The molecule has 22 heavy (non-hydrogen) atoms. The van der Waals surface area contributed by atoms with Crippen molar-refractivity contribution in [3.05, 3.63) is 54.1 Å². The maximum Gasteiger partial charge on any atom is 0.328 e. The number of amides is 1. The number of carbonyl (C=O) groups excluding carboxylic acids is 2. The van der Waals surface area contributed by atoms with Crippen molar-refractivity contribution < 1.29 is 14.3 Å². The van der Waals surface area contributed by atoms with E-state index in [1.54, 1.807) is 61.4 Å². The van der Waals surface area contributed by atoms with Gasteiger partial charge in [0, 0.05) is 32.1 Å². The summed E-state index contributed by atoms with van der Waals surface area (Å²) in [5, 5.41) is 2.74. The van der Waals surface area contributed by atoms with Crippen LogP contribution in [0.4, 0.5) is 0 Å². The Hall–Kier alpha value is -2.63. The molecule has 0 fully saturated rings. The van der Waals surface area contributed by atoms with Crippen molar-refractivity contribution >= 4 is 11.9 Å². The summed E-state index contributed by atoms with van der Waals surface area (Å²) in [6, 6.07) is 6.35. The van der Waals surface area contributed by atoms with E-state index >= 15 is 0 Å². The summed E-state index contributed by atoms with van der Waals surface area (Å²) >= 11 is 0. The summed E-state index contributed by atoms with van der Waals surface area (Å²) in [5.74, 6) is -0.749. The number of esters is 1. The third-order valence-corrected chi connectivity index (χ3v) is 3.24. The lowest BCUT2D eigenvalue weighted by Crippen LogP contribution is -2.43. The zero-order chi connectivity index (χ0) is 15.9. The molecule has 0 aromatic carbocycles. The number of pyridine rings is 1. The van der Waals surface area contributed by atoms with Crippen molar-refractivity contribution in [2.75, 3.05) is 6.61 Å². The molecule has 1 atom stereocenters. The van der Waals surface area contributed by atoms with E-state index in [0.29, 0.717) is 12.1 Å². The van der Waals surface area contributed by atoms with Crippen LogP contribution in [0.3, 0.4) is 0 Å². The Morgan fingerprint density at radius 2 is 2.05 bits per heavy atom. The number of nitrogens with one attached hydrogen (secondary N) is 1. The third kappa shape index (κ3) is 3.94. The molecule has 0 radical (unpaired) electrons. The molecule has 2 aromatic rings. The molecule has 2 heterocycles. The van der Waals surface area contributed by atoms with Gasteiger partial charge in [0.1, 0.15) is 11.7 Å². The van der Waals surface area contributed by atoms with Crippen LogP contribution in [0.15, 0.2) is 42.9 Å². The zero-order valence-electron chi connectivity index (χ0n) is 12.7. The highest BCUT2D eigenvalue weighted by Crippen LogP contribution is 2.06. The van der Waals surface area contributed by atoms with Crippen molar-refractivity contribution in [2.45, 2.75) is 19.4 Å². The lowest BCUT2D eigenvalue weighted by Gasteiger charge is -2.17. The molecule has 0 saturated heterocycles. The highest BCUT2D eigenvalue weighted by atomic mass is 16.5. The molecule has 0 saturated carbocycles. The first-order valence-corrected chi connectivity index (χ1v) is 7.09. The summed E-state index contributed by atoms with van der Waals surface area (Å²) in [5.41, 5.74) is 1.39. The van der Waals surface area contributed by atoms with E-state index in [1.807, 2.05) is 0 Å².